The molecule has 1 saturated carbocycles. The maximum atomic E-state index is 4.64. The van der Waals surface area contributed by atoms with E-state index in [1.54, 1.807) is 0 Å². The first-order chi connectivity index (χ1) is 9.52. The van der Waals surface area contributed by atoms with Crippen LogP contribution >= 0.6 is 0 Å². The van der Waals surface area contributed by atoms with E-state index < -0.39 is 0 Å². The Morgan fingerprint density at radius 3 is 2.30 bits per heavy atom. The van der Waals surface area contributed by atoms with Crippen molar-refractivity contribution < 1.29 is 0 Å². The van der Waals surface area contributed by atoms with Crippen LogP contribution in [-0.2, 0) is 6.42 Å². The summed E-state index contributed by atoms with van der Waals surface area (Å²) in [6, 6.07) is 0. The molecule has 0 saturated heterocycles. The highest BCUT2D eigenvalue weighted by molar-refractivity contribution is 5.57. The molecular weight excluding hydrogens is 250 g/mol. The Balaban J connectivity index is 2.16. The quantitative estimate of drug-likeness (QED) is 0.835. The zero-order valence-electron chi connectivity index (χ0n) is 13.4. The number of anilines is 2. The summed E-state index contributed by atoms with van der Waals surface area (Å²) in [4.78, 5) is 11.5. The summed E-state index contributed by atoms with van der Waals surface area (Å²) in [6.45, 7) is 5.10. The van der Waals surface area contributed by atoms with Crippen molar-refractivity contribution >= 4 is 11.6 Å². The average molecular weight is 277 g/mol. The second kappa shape index (κ2) is 5.95. The fraction of sp³-hybridized carbons (Fsp3) is 0.733. The summed E-state index contributed by atoms with van der Waals surface area (Å²) in [6.07, 6.45) is 4.69. The van der Waals surface area contributed by atoms with Gasteiger partial charge in [0.15, 0.2) is 0 Å². The number of hydrogen-bond acceptors (Lipinski definition) is 5. The molecule has 1 aromatic rings. The smallest absolute Gasteiger partial charge is 0.134 e. The molecule has 5 nitrogen and oxygen atoms in total. The van der Waals surface area contributed by atoms with E-state index in [1.807, 2.05) is 7.05 Å². The van der Waals surface area contributed by atoms with E-state index >= 15 is 0 Å². The lowest BCUT2D eigenvalue weighted by Gasteiger charge is -2.47. The largest absolute Gasteiger partial charge is 0.373 e. The van der Waals surface area contributed by atoms with Crippen LogP contribution in [0.5, 0.6) is 0 Å². The van der Waals surface area contributed by atoms with E-state index in [4.69, 9.17) is 0 Å². The van der Waals surface area contributed by atoms with Crippen molar-refractivity contribution in [2.45, 2.75) is 45.1 Å². The molecule has 2 N–H and O–H groups in total. The van der Waals surface area contributed by atoms with Crippen LogP contribution in [0.15, 0.2) is 0 Å². The molecule has 1 aromatic heterocycles. The van der Waals surface area contributed by atoms with Crippen molar-refractivity contribution in [3.05, 3.63) is 11.4 Å². The van der Waals surface area contributed by atoms with Gasteiger partial charge in [-0.05, 0) is 40.3 Å². The second-order valence-electron chi connectivity index (χ2n) is 5.89. The minimum absolute atomic E-state index is 0.295. The highest BCUT2D eigenvalue weighted by Gasteiger charge is 2.38. The van der Waals surface area contributed by atoms with Crippen LogP contribution in [0.1, 0.15) is 37.6 Å². The van der Waals surface area contributed by atoms with Crippen molar-refractivity contribution in [1.29, 1.82) is 0 Å². The van der Waals surface area contributed by atoms with Gasteiger partial charge in [-0.2, -0.15) is 0 Å². The summed E-state index contributed by atoms with van der Waals surface area (Å²) in [5, 5.41) is 6.71. The molecule has 0 spiro atoms. The van der Waals surface area contributed by atoms with Crippen LogP contribution in [0.2, 0.25) is 0 Å². The number of likely N-dealkylation sites (N-methyl/N-ethyl adjacent to an activating group) is 1. The average Bonchev–Trinajstić information content (AvgIpc) is 2.38. The van der Waals surface area contributed by atoms with E-state index in [0.29, 0.717) is 5.54 Å². The zero-order chi connectivity index (χ0) is 14.8. The maximum Gasteiger partial charge on any atom is 0.134 e. The molecule has 2 rings (SSSR count). The Labute approximate surface area is 122 Å². The second-order valence-corrected chi connectivity index (χ2v) is 5.89. The van der Waals surface area contributed by atoms with Crippen molar-refractivity contribution in [2.24, 2.45) is 0 Å². The third-order valence-corrected chi connectivity index (χ3v) is 4.56. The molecule has 1 fully saturated rings. The van der Waals surface area contributed by atoms with Gasteiger partial charge in [0.05, 0.1) is 0 Å². The van der Waals surface area contributed by atoms with Crippen LogP contribution in [0.4, 0.5) is 11.6 Å². The van der Waals surface area contributed by atoms with Gasteiger partial charge in [0, 0.05) is 31.1 Å². The van der Waals surface area contributed by atoms with Gasteiger partial charge < -0.3 is 15.5 Å². The lowest BCUT2D eigenvalue weighted by atomic mass is 9.75. The van der Waals surface area contributed by atoms with E-state index in [0.717, 1.165) is 36.0 Å². The Hall–Kier alpha value is -1.36. The Morgan fingerprint density at radius 1 is 1.20 bits per heavy atom. The van der Waals surface area contributed by atoms with Gasteiger partial charge in [-0.25, -0.2) is 9.97 Å². The number of nitrogens with zero attached hydrogens (tertiary/aromatic N) is 3. The van der Waals surface area contributed by atoms with E-state index in [9.17, 15) is 0 Å². The Kier molecular flexibility index (Phi) is 4.48. The molecular formula is C15H27N5. The normalized spacial score (nSPS) is 16.9. The third-order valence-electron chi connectivity index (χ3n) is 4.56. The minimum Gasteiger partial charge on any atom is -0.373 e. The summed E-state index contributed by atoms with van der Waals surface area (Å²) in [7, 11) is 6.25. The molecule has 1 heterocycles. The Morgan fingerprint density at radius 2 is 1.85 bits per heavy atom. The molecule has 0 amide bonds. The predicted octanol–water partition coefficient (Wildman–Crippen LogP) is 2.29. The molecule has 0 bridgehead atoms. The van der Waals surface area contributed by atoms with Gasteiger partial charge in [-0.15, -0.1) is 0 Å². The molecule has 0 aromatic carbocycles. The minimum atomic E-state index is 0.295. The fourth-order valence-corrected chi connectivity index (χ4v) is 2.75. The summed E-state index contributed by atoms with van der Waals surface area (Å²) in [5.74, 6) is 2.77. The number of rotatable bonds is 6. The van der Waals surface area contributed by atoms with Gasteiger partial charge in [0.25, 0.3) is 0 Å². The number of hydrogen-bond donors (Lipinski definition) is 2. The molecule has 0 atom stereocenters. The number of aryl methyl sites for hydroxylation is 1. The van der Waals surface area contributed by atoms with Crippen LogP contribution in [-0.4, -0.2) is 48.1 Å². The zero-order valence-corrected chi connectivity index (χ0v) is 13.4. The summed E-state index contributed by atoms with van der Waals surface area (Å²) < 4.78 is 0. The first-order valence-corrected chi connectivity index (χ1v) is 7.49. The predicted molar refractivity (Wildman–Crippen MR) is 84.5 cm³/mol. The number of nitrogens with one attached hydrogen (secondary N) is 2. The summed E-state index contributed by atoms with van der Waals surface area (Å²) >= 11 is 0. The summed E-state index contributed by atoms with van der Waals surface area (Å²) in [5.41, 5.74) is 1.39. The molecule has 0 radical (unpaired) electrons. The van der Waals surface area contributed by atoms with Gasteiger partial charge >= 0.3 is 0 Å². The van der Waals surface area contributed by atoms with Crippen molar-refractivity contribution in [3.8, 4) is 0 Å². The first kappa shape index (κ1) is 15.0. The van der Waals surface area contributed by atoms with E-state index in [2.05, 4.69) is 53.4 Å². The number of aromatic nitrogens is 2. The van der Waals surface area contributed by atoms with Gasteiger partial charge in [0.1, 0.15) is 17.5 Å². The monoisotopic (exact) mass is 277 g/mol. The van der Waals surface area contributed by atoms with E-state index in [-0.39, 0.29) is 0 Å². The van der Waals surface area contributed by atoms with Crippen molar-refractivity contribution in [2.75, 3.05) is 38.3 Å². The molecule has 20 heavy (non-hydrogen) atoms. The van der Waals surface area contributed by atoms with Gasteiger partial charge in [0.2, 0.25) is 0 Å². The third kappa shape index (κ3) is 2.73. The molecule has 112 valence electrons. The van der Waals surface area contributed by atoms with Crippen LogP contribution in [0.3, 0.4) is 0 Å². The van der Waals surface area contributed by atoms with Gasteiger partial charge in [-0.1, -0.05) is 6.92 Å². The van der Waals surface area contributed by atoms with Crippen molar-refractivity contribution in [3.63, 3.8) is 0 Å². The SMILES string of the molecule is CCc1nc(NC)c(C)c(NCC2(N(C)C)CCC2)n1. The molecule has 5 heteroatoms. The topological polar surface area (TPSA) is 53.1 Å². The van der Waals surface area contributed by atoms with Crippen LogP contribution in [0.25, 0.3) is 0 Å². The van der Waals surface area contributed by atoms with Crippen molar-refractivity contribution in [1.82, 2.24) is 14.9 Å². The molecule has 1 aliphatic rings. The molecule has 0 aliphatic heterocycles. The van der Waals surface area contributed by atoms with Crippen LogP contribution < -0.4 is 10.6 Å². The van der Waals surface area contributed by atoms with Crippen LogP contribution in [0, 0.1) is 6.92 Å². The van der Waals surface area contributed by atoms with E-state index in [1.165, 1.54) is 19.3 Å². The molecule has 0 unspecified atom stereocenters. The fourth-order valence-electron chi connectivity index (χ4n) is 2.75. The first-order valence-electron chi connectivity index (χ1n) is 7.49. The highest BCUT2D eigenvalue weighted by atomic mass is 15.2. The lowest BCUT2D eigenvalue weighted by Crippen LogP contribution is -2.54. The Bertz CT molecular complexity index is 466. The highest BCUT2D eigenvalue weighted by Crippen LogP contribution is 2.36. The maximum absolute atomic E-state index is 4.64. The van der Waals surface area contributed by atoms with Gasteiger partial charge in [-0.3, -0.25) is 0 Å². The molecule has 1 aliphatic carbocycles. The standard InChI is InChI=1S/C15H27N5/c1-6-12-18-13(16-3)11(2)14(19-12)17-10-15(20(4)5)8-7-9-15/h6-10H2,1-5H3,(H2,16,17,18,19). The lowest BCUT2D eigenvalue weighted by molar-refractivity contribution is 0.0738.